The van der Waals surface area contributed by atoms with Crippen LogP contribution < -0.4 is 5.32 Å². The Bertz CT molecular complexity index is 345. The molecule has 102 valence electrons. The molecule has 0 saturated heterocycles. The maximum Gasteiger partial charge on any atom is 0.124 e. The first-order valence-corrected chi connectivity index (χ1v) is 7.49. The van der Waals surface area contributed by atoms with E-state index in [-0.39, 0.29) is 5.82 Å². The van der Waals surface area contributed by atoms with Crippen LogP contribution in [-0.4, -0.2) is 12.6 Å². The van der Waals surface area contributed by atoms with Crippen LogP contribution in [0.15, 0.2) is 22.7 Å². The molecule has 1 N–H and O–H groups in total. The summed E-state index contributed by atoms with van der Waals surface area (Å²) >= 11 is 3.35. The summed E-state index contributed by atoms with van der Waals surface area (Å²) in [6.07, 6.45) is 3.28. The molecular formula is C15H23BrFN. The molecule has 1 nitrogen and oxygen atoms in total. The molecule has 1 aromatic rings. The van der Waals surface area contributed by atoms with Crippen LogP contribution >= 0.6 is 15.9 Å². The lowest BCUT2D eigenvalue weighted by atomic mass is 9.94. The Kier molecular flexibility index (Phi) is 6.87. The van der Waals surface area contributed by atoms with Crippen molar-refractivity contribution in [3.05, 3.63) is 34.1 Å². The SMILES string of the molecule is CCCC(CNC(C)C)Cc1cc(F)cc(Br)c1. The fourth-order valence-electron chi connectivity index (χ4n) is 2.15. The zero-order valence-electron chi connectivity index (χ0n) is 11.5. The van der Waals surface area contributed by atoms with E-state index >= 15 is 0 Å². The van der Waals surface area contributed by atoms with E-state index in [1.54, 1.807) is 6.07 Å². The van der Waals surface area contributed by atoms with Crippen LogP contribution in [0.5, 0.6) is 0 Å². The second-order valence-corrected chi connectivity index (χ2v) is 6.12. The standard InChI is InChI=1S/C15H23BrFN/c1-4-5-12(10-18-11(2)3)6-13-7-14(16)9-15(17)8-13/h7-9,11-12,18H,4-6,10H2,1-3H3. The molecule has 0 saturated carbocycles. The van der Waals surface area contributed by atoms with Gasteiger partial charge in [-0.2, -0.15) is 0 Å². The molecule has 0 spiro atoms. The van der Waals surface area contributed by atoms with E-state index in [2.05, 4.69) is 42.0 Å². The highest BCUT2D eigenvalue weighted by Crippen LogP contribution is 2.19. The van der Waals surface area contributed by atoms with Crippen molar-refractivity contribution in [3.63, 3.8) is 0 Å². The van der Waals surface area contributed by atoms with Crippen LogP contribution in [0.25, 0.3) is 0 Å². The van der Waals surface area contributed by atoms with Crippen molar-refractivity contribution in [2.24, 2.45) is 5.92 Å². The number of rotatable bonds is 7. The van der Waals surface area contributed by atoms with Crippen molar-refractivity contribution in [1.82, 2.24) is 5.32 Å². The summed E-state index contributed by atoms with van der Waals surface area (Å²) in [7, 11) is 0. The molecular weight excluding hydrogens is 293 g/mol. The third-order valence-electron chi connectivity index (χ3n) is 2.96. The van der Waals surface area contributed by atoms with Crippen molar-refractivity contribution in [1.29, 1.82) is 0 Å². The Morgan fingerprint density at radius 2 is 2.00 bits per heavy atom. The molecule has 0 aliphatic rings. The van der Waals surface area contributed by atoms with Crippen LogP contribution in [-0.2, 0) is 6.42 Å². The topological polar surface area (TPSA) is 12.0 Å². The van der Waals surface area contributed by atoms with Crippen molar-refractivity contribution >= 4 is 15.9 Å². The Balaban J connectivity index is 2.63. The van der Waals surface area contributed by atoms with E-state index in [4.69, 9.17) is 0 Å². The maximum atomic E-state index is 13.3. The summed E-state index contributed by atoms with van der Waals surface area (Å²) in [5.41, 5.74) is 1.07. The Hall–Kier alpha value is -0.410. The van der Waals surface area contributed by atoms with Gasteiger partial charge in [-0.3, -0.25) is 0 Å². The zero-order chi connectivity index (χ0) is 13.5. The van der Waals surface area contributed by atoms with Crippen molar-refractivity contribution in [2.75, 3.05) is 6.54 Å². The van der Waals surface area contributed by atoms with E-state index in [1.165, 1.54) is 18.9 Å². The number of hydrogen-bond donors (Lipinski definition) is 1. The molecule has 1 atom stereocenters. The van der Waals surface area contributed by atoms with Gasteiger partial charge in [0.25, 0.3) is 0 Å². The quantitative estimate of drug-likeness (QED) is 0.778. The third-order valence-corrected chi connectivity index (χ3v) is 3.42. The summed E-state index contributed by atoms with van der Waals surface area (Å²) in [6, 6.07) is 5.66. The second kappa shape index (κ2) is 7.90. The Labute approximate surface area is 118 Å². The summed E-state index contributed by atoms with van der Waals surface area (Å²) in [4.78, 5) is 0. The zero-order valence-corrected chi connectivity index (χ0v) is 13.1. The lowest BCUT2D eigenvalue weighted by Crippen LogP contribution is -2.30. The molecule has 3 heteroatoms. The first-order chi connectivity index (χ1) is 8.51. The van der Waals surface area contributed by atoms with Gasteiger partial charge in [-0.1, -0.05) is 43.1 Å². The normalized spacial score (nSPS) is 13.0. The van der Waals surface area contributed by atoms with Crippen molar-refractivity contribution in [2.45, 2.75) is 46.1 Å². The van der Waals surface area contributed by atoms with E-state index in [9.17, 15) is 4.39 Å². The van der Waals surface area contributed by atoms with E-state index in [0.717, 1.165) is 23.0 Å². The van der Waals surface area contributed by atoms with Crippen molar-refractivity contribution in [3.8, 4) is 0 Å². The number of nitrogens with one attached hydrogen (secondary N) is 1. The first kappa shape index (κ1) is 15.6. The fraction of sp³-hybridized carbons (Fsp3) is 0.600. The second-order valence-electron chi connectivity index (χ2n) is 5.20. The van der Waals surface area contributed by atoms with Crippen molar-refractivity contribution < 1.29 is 4.39 Å². The van der Waals surface area contributed by atoms with Gasteiger partial charge >= 0.3 is 0 Å². The molecule has 1 rings (SSSR count). The lowest BCUT2D eigenvalue weighted by Gasteiger charge is -2.19. The fourth-order valence-corrected chi connectivity index (χ4v) is 2.66. The van der Waals surface area contributed by atoms with E-state index in [0.29, 0.717) is 12.0 Å². The third kappa shape index (κ3) is 5.96. The maximum absolute atomic E-state index is 13.3. The van der Waals surface area contributed by atoms with Crippen LogP contribution in [0.3, 0.4) is 0 Å². The largest absolute Gasteiger partial charge is 0.314 e. The minimum Gasteiger partial charge on any atom is -0.314 e. The van der Waals surface area contributed by atoms with Gasteiger partial charge < -0.3 is 5.32 Å². The minimum atomic E-state index is -0.161. The molecule has 0 fully saturated rings. The monoisotopic (exact) mass is 315 g/mol. The molecule has 0 radical (unpaired) electrons. The smallest absolute Gasteiger partial charge is 0.124 e. The summed E-state index contributed by atoms with van der Waals surface area (Å²) in [5.74, 6) is 0.414. The van der Waals surface area contributed by atoms with Crippen LogP contribution in [0.2, 0.25) is 0 Å². The van der Waals surface area contributed by atoms with Gasteiger partial charge in [0.2, 0.25) is 0 Å². The number of benzene rings is 1. The van der Waals surface area contributed by atoms with Gasteiger partial charge in [0.1, 0.15) is 5.82 Å². The van der Waals surface area contributed by atoms with Crippen LogP contribution in [0, 0.1) is 11.7 Å². The molecule has 0 amide bonds. The van der Waals surface area contributed by atoms with Gasteiger partial charge in [0.15, 0.2) is 0 Å². The molecule has 1 aromatic carbocycles. The molecule has 0 aromatic heterocycles. The molecule has 0 bridgehead atoms. The molecule has 0 aliphatic heterocycles. The summed E-state index contributed by atoms with van der Waals surface area (Å²) in [6.45, 7) is 7.51. The minimum absolute atomic E-state index is 0.161. The summed E-state index contributed by atoms with van der Waals surface area (Å²) < 4.78 is 14.2. The van der Waals surface area contributed by atoms with Gasteiger partial charge in [-0.25, -0.2) is 4.39 Å². The average Bonchev–Trinajstić information content (AvgIpc) is 2.24. The highest BCUT2D eigenvalue weighted by Gasteiger charge is 2.10. The highest BCUT2D eigenvalue weighted by atomic mass is 79.9. The predicted octanol–water partition coefficient (Wildman–Crippen LogP) is 4.55. The van der Waals surface area contributed by atoms with Gasteiger partial charge in [0.05, 0.1) is 0 Å². The Morgan fingerprint density at radius 3 is 2.56 bits per heavy atom. The van der Waals surface area contributed by atoms with Gasteiger partial charge in [-0.05, 0) is 49.1 Å². The molecule has 0 aliphatic carbocycles. The van der Waals surface area contributed by atoms with Gasteiger partial charge in [-0.15, -0.1) is 0 Å². The average molecular weight is 316 g/mol. The highest BCUT2D eigenvalue weighted by molar-refractivity contribution is 9.10. The van der Waals surface area contributed by atoms with Gasteiger partial charge in [0, 0.05) is 10.5 Å². The Morgan fingerprint density at radius 1 is 1.28 bits per heavy atom. The van der Waals surface area contributed by atoms with Crippen LogP contribution in [0.1, 0.15) is 39.2 Å². The summed E-state index contributed by atoms with van der Waals surface area (Å²) in [5, 5.41) is 3.47. The molecule has 0 heterocycles. The van der Waals surface area contributed by atoms with E-state index in [1.807, 2.05) is 6.07 Å². The molecule has 18 heavy (non-hydrogen) atoms. The molecule has 1 unspecified atom stereocenters. The number of hydrogen-bond acceptors (Lipinski definition) is 1. The first-order valence-electron chi connectivity index (χ1n) is 6.69. The lowest BCUT2D eigenvalue weighted by molar-refractivity contribution is 0.418. The van der Waals surface area contributed by atoms with Crippen LogP contribution in [0.4, 0.5) is 4.39 Å². The predicted molar refractivity (Wildman–Crippen MR) is 79.3 cm³/mol. The van der Waals surface area contributed by atoms with E-state index < -0.39 is 0 Å². The number of halogens is 2.